The van der Waals surface area contributed by atoms with Crippen molar-refractivity contribution in [2.75, 3.05) is 39.4 Å². The number of hydrogen-bond acceptors (Lipinski definition) is 8. The Kier molecular flexibility index (Phi) is 6.83. The van der Waals surface area contributed by atoms with Crippen molar-refractivity contribution in [3.63, 3.8) is 0 Å². The summed E-state index contributed by atoms with van der Waals surface area (Å²) in [5.41, 5.74) is 0.876. The molecule has 9 heteroatoms. The quantitative estimate of drug-likeness (QED) is 0.555. The zero-order chi connectivity index (χ0) is 20.9. The first-order valence-electron chi connectivity index (χ1n) is 9.17. The molecule has 1 atom stereocenters. The van der Waals surface area contributed by atoms with Crippen molar-refractivity contribution in [2.24, 2.45) is 0 Å². The number of sulfone groups is 1. The van der Waals surface area contributed by atoms with Crippen LogP contribution in [-0.4, -0.2) is 59.0 Å². The first-order valence-corrected chi connectivity index (χ1v) is 11.1. The molecule has 0 saturated heterocycles. The number of benzene rings is 2. The zero-order valence-corrected chi connectivity index (χ0v) is 17.2. The van der Waals surface area contributed by atoms with Gasteiger partial charge in [0.1, 0.15) is 35.7 Å². The van der Waals surface area contributed by atoms with Gasteiger partial charge in [-0.15, -0.1) is 0 Å². The van der Waals surface area contributed by atoms with Crippen molar-refractivity contribution in [3.8, 4) is 23.0 Å². The summed E-state index contributed by atoms with van der Waals surface area (Å²) in [5, 5.41) is 13.2. The van der Waals surface area contributed by atoms with Gasteiger partial charge in [0, 0.05) is 25.4 Å². The summed E-state index contributed by atoms with van der Waals surface area (Å²) in [7, 11) is -3.41. The third kappa shape index (κ3) is 5.99. The summed E-state index contributed by atoms with van der Waals surface area (Å²) < 4.78 is 45.4. The standard InChI is InChI=1S/C20H25NO7S/c1-14-3-6-20(29(2,23)24)19(9-14)26-12-15(22)11-21-7-8-25-16-4-5-17-18(10-16)28-13-27-17/h3-6,9-10,15,21-22H,7-8,11-13H2,1-2H3. The fourth-order valence-corrected chi connectivity index (χ4v) is 3.55. The lowest BCUT2D eigenvalue weighted by Crippen LogP contribution is -2.33. The van der Waals surface area contributed by atoms with Crippen LogP contribution in [0.25, 0.3) is 0 Å². The summed E-state index contributed by atoms with van der Waals surface area (Å²) in [6, 6.07) is 10.2. The monoisotopic (exact) mass is 423 g/mol. The molecule has 2 aromatic carbocycles. The maximum Gasteiger partial charge on any atom is 0.231 e. The largest absolute Gasteiger partial charge is 0.492 e. The molecule has 158 valence electrons. The van der Waals surface area contributed by atoms with Gasteiger partial charge < -0.3 is 29.4 Å². The molecule has 29 heavy (non-hydrogen) atoms. The maximum absolute atomic E-state index is 11.8. The smallest absolute Gasteiger partial charge is 0.231 e. The topological polar surface area (TPSA) is 103 Å². The summed E-state index contributed by atoms with van der Waals surface area (Å²) in [6.45, 7) is 3.24. The van der Waals surface area contributed by atoms with Crippen molar-refractivity contribution in [1.29, 1.82) is 0 Å². The highest BCUT2D eigenvalue weighted by Gasteiger charge is 2.16. The van der Waals surface area contributed by atoms with Crippen LogP contribution in [0, 0.1) is 6.92 Å². The first kappa shape index (κ1) is 21.2. The molecule has 2 N–H and O–H groups in total. The third-order valence-electron chi connectivity index (χ3n) is 4.20. The van der Waals surface area contributed by atoms with Gasteiger partial charge in [-0.2, -0.15) is 0 Å². The molecule has 2 aromatic rings. The number of nitrogens with one attached hydrogen (secondary N) is 1. The van der Waals surface area contributed by atoms with Crippen molar-refractivity contribution >= 4 is 9.84 Å². The highest BCUT2D eigenvalue weighted by atomic mass is 32.2. The van der Waals surface area contributed by atoms with Crippen LogP contribution < -0.4 is 24.3 Å². The van der Waals surface area contributed by atoms with Gasteiger partial charge in [0.15, 0.2) is 21.3 Å². The molecule has 3 rings (SSSR count). The number of aliphatic hydroxyl groups excluding tert-OH is 1. The van der Waals surface area contributed by atoms with E-state index in [4.69, 9.17) is 18.9 Å². The minimum atomic E-state index is -3.41. The fourth-order valence-electron chi connectivity index (χ4n) is 2.76. The average Bonchev–Trinajstić information content (AvgIpc) is 3.13. The molecule has 1 aliphatic heterocycles. The zero-order valence-electron chi connectivity index (χ0n) is 16.4. The van der Waals surface area contributed by atoms with E-state index in [1.807, 2.05) is 6.92 Å². The van der Waals surface area contributed by atoms with Gasteiger partial charge in [0.05, 0.1) is 0 Å². The number of aliphatic hydroxyl groups is 1. The first-order chi connectivity index (χ1) is 13.8. The van der Waals surface area contributed by atoms with E-state index >= 15 is 0 Å². The van der Waals surface area contributed by atoms with E-state index in [9.17, 15) is 13.5 Å². The van der Waals surface area contributed by atoms with Crippen molar-refractivity contribution < 1.29 is 32.5 Å². The molecule has 0 saturated carbocycles. The van der Waals surface area contributed by atoms with Gasteiger partial charge in [0.25, 0.3) is 0 Å². The number of rotatable bonds is 10. The predicted molar refractivity (Wildman–Crippen MR) is 107 cm³/mol. The van der Waals surface area contributed by atoms with E-state index in [2.05, 4.69) is 5.32 Å². The molecule has 0 aromatic heterocycles. The van der Waals surface area contributed by atoms with Crippen molar-refractivity contribution in [1.82, 2.24) is 5.32 Å². The van der Waals surface area contributed by atoms with Crippen LogP contribution >= 0.6 is 0 Å². The number of fused-ring (bicyclic) bond motifs is 1. The molecule has 1 aliphatic rings. The lowest BCUT2D eigenvalue weighted by atomic mass is 10.2. The van der Waals surface area contributed by atoms with E-state index in [0.29, 0.717) is 30.4 Å². The lowest BCUT2D eigenvalue weighted by molar-refractivity contribution is 0.104. The van der Waals surface area contributed by atoms with Gasteiger partial charge >= 0.3 is 0 Å². The minimum absolute atomic E-state index is 0.0258. The van der Waals surface area contributed by atoms with E-state index in [1.54, 1.807) is 30.3 Å². The second kappa shape index (κ2) is 9.34. The van der Waals surface area contributed by atoms with Gasteiger partial charge in [0.2, 0.25) is 6.79 Å². The van der Waals surface area contributed by atoms with Gasteiger partial charge in [-0.1, -0.05) is 6.07 Å². The van der Waals surface area contributed by atoms with E-state index in [-0.39, 0.29) is 30.6 Å². The minimum Gasteiger partial charge on any atom is -0.492 e. The molecule has 1 heterocycles. The summed E-state index contributed by atoms with van der Waals surface area (Å²) in [6.07, 6.45) is 0.330. The Labute approximate surface area is 170 Å². The average molecular weight is 423 g/mol. The Morgan fingerprint density at radius 2 is 1.93 bits per heavy atom. The molecule has 0 fully saturated rings. The second-order valence-electron chi connectivity index (χ2n) is 6.75. The van der Waals surface area contributed by atoms with Crippen LogP contribution in [0.3, 0.4) is 0 Å². The molecule has 8 nitrogen and oxygen atoms in total. The Bertz CT molecular complexity index is 946. The number of hydrogen-bond donors (Lipinski definition) is 2. The maximum atomic E-state index is 11.8. The van der Waals surface area contributed by atoms with Crippen LogP contribution in [0.4, 0.5) is 0 Å². The molecule has 0 spiro atoms. The molecular weight excluding hydrogens is 398 g/mol. The number of ether oxygens (including phenoxy) is 4. The highest BCUT2D eigenvalue weighted by Crippen LogP contribution is 2.35. The summed E-state index contributed by atoms with van der Waals surface area (Å²) >= 11 is 0. The normalized spacial score (nSPS) is 13.9. The van der Waals surface area contributed by atoms with Crippen molar-refractivity contribution in [2.45, 2.75) is 17.9 Å². The Balaban J connectivity index is 1.38. The van der Waals surface area contributed by atoms with Crippen LogP contribution in [0.5, 0.6) is 23.0 Å². The summed E-state index contributed by atoms with van der Waals surface area (Å²) in [4.78, 5) is 0.111. The van der Waals surface area contributed by atoms with Gasteiger partial charge in [-0.25, -0.2) is 8.42 Å². The fraction of sp³-hybridized carbons (Fsp3) is 0.400. The SMILES string of the molecule is Cc1ccc(S(C)(=O)=O)c(OCC(O)CNCCOc2ccc3c(c2)OCO3)c1. The van der Waals surface area contributed by atoms with E-state index in [0.717, 1.165) is 11.8 Å². The Hall–Kier alpha value is -2.49. The molecule has 0 radical (unpaired) electrons. The molecule has 0 bridgehead atoms. The van der Waals surface area contributed by atoms with Crippen LogP contribution in [0.2, 0.25) is 0 Å². The predicted octanol–water partition coefficient (Wildman–Crippen LogP) is 1.54. The van der Waals surface area contributed by atoms with Gasteiger partial charge in [-0.05, 0) is 36.8 Å². The van der Waals surface area contributed by atoms with Crippen LogP contribution in [0.1, 0.15) is 5.56 Å². The molecule has 0 amide bonds. The van der Waals surface area contributed by atoms with Gasteiger partial charge in [-0.3, -0.25) is 0 Å². The highest BCUT2D eigenvalue weighted by molar-refractivity contribution is 7.90. The van der Waals surface area contributed by atoms with E-state index < -0.39 is 15.9 Å². The third-order valence-corrected chi connectivity index (χ3v) is 5.34. The van der Waals surface area contributed by atoms with Crippen molar-refractivity contribution in [3.05, 3.63) is 42.0 Å². The molecule has 1 unspecified atom stereocenters. The molecular formula is C20H25NO7S. The Morgan fingerprint density at radius 3 is 2.72 bits per heavy atom. The van der Waals surface area contributed by atoms with Crippen LogP contribution in [-0.2, 0) is 9.84 Å². The summed E-state index contributed by atoms with van der Waals surface area (Å²) in [5.74, 6) is 2.28. The Morgan fingerprint density at radius 1 is 1.14 bits per heavy atom. The lowest BCUT2D eigenvalue weighted by Gasteiger charge is -2.16. The van der Waals surface area contributed by atoms with E-state index in [1.165, 1.54) is 6.07 Å². The van der Waals surface area contributed by atoms with Crippen LogP contribution in [0.15, 0.2) is 41.3 Å². The second-order valence-corrected chi connectivity index (χ2v) is 8.74. The number of aryl methyl sites for hydroxylation is 1. The molecule has 0 aliphatic carbocycles.